The Bertz CT molecular complexity index is 892. The summed E-state index contributed by atoms with van der Waals surface area (Å²) in [7, 11) is 1.61. The van der Waals surface area contributed by atoms with Crippen LogP contribution >= 0.6 is 0 Å². The van der Waals surface area contributed by atoms with Gasteiger partial charge in [-0.1, -0.05) is 30.3 Å². The van der Waals surface area contributed by atoms with E-state index in [-0.39, 0.29) is 5.91 Å². The lowest BCUT2D eigenvalue weighted by molar-refractivity contribution is 0.0672. The summed E-state index contributed by atoms with van der Waals surface area (Å²) in [4.78, 5) is 14.5. The van der Waals surface area contributed by atoms with E-state index in [0.717, 1.165) is 24.1 Å². The first-order valence-corrected chi connectivity index (χ1v) is 9.22. The normalized spacial score (nSPS) is 15.2. The first-order chi connectivity index (χ1) is 13.3. The molecular weight excluding hydrogens is 342 g/mol. The molecule has 3 heterocycles. The molecule has 1 aliphatic rings. The van der Waals surface area contributed by atoms with E-state index in [1.807, 2.05) is 29.3 Å². The predicted octanol–water partition coefficient (Wildman–Crippen LogP) is 3.84. The van der Waals surface area contributed by atoms with E-state index >= 15 is 0 Å². The quantitative estimate of drug-likeness (QED) is 0.746. The highest BCUT2D eigenvalue weighted by molar-refractivity contribution is 5.91. The smallest absolute Gasteiger partial charge is 0.289 e. The van der Waals surface area contributed by atoms with Gasteiger partial charge in [-0.2, -0.15) is 5.10 Å². The number of hydrogen-bond acceptors (Lipinski definition) is 4. The van der Waals surface area contributed by atoms with Crippen LogP contribution in [0.5, 0.6) is 0 Å². The molecule has 1 N–H and O–H groups in total. The van der Waals surface area contributed by atoms with Crippen molar-refractivity contribution in [2.24, 2.45) is 0 Å². The zero-order valence-corrected chi connectivity index (χ0v) is 15.4. The summed E-state index contributed by atoms with van der Waals surface area (Å²) >= 11 is 0. The Morgan fingerprint density at radius 2 is 2.00 bits per heavy atom. The lowest BCUT2D eigenvalue weighted by Crippen LogP contribution is -2.37. The number of hydrogen-bond donors (Lipinski definition) is 1. The number of H-pyrrole nitrogens is 1. The molecule has 27 heavy (non-hydrogen) atoms. The number of piperidine rings is 1. The summed E-state index contributed by atoms with van der Waals surface area (Å²) in [6.07, 6.45) is 3.70. The van der Waals surface area contributed by atoms with Gasteiger partial charge in [-0.25, -0.2) is 0 Å². The Kier molecular flexibility index (Phi) is 5.07. The number of amides is 1. The maximum absolute atomic E-state index is 12.7. The topological polar surface area (TPSA) is 71.4 Å². The highest BCUT2D eigenvalue weighted by atomic mass is 16.5. The fraction of sp³-hybridized carbons (Fsp3) is 0.333. The number of carbonyl (C=O) groups excluding carboxylic acids is 1. The van der Waals surface area contributed by atoms with Crippen LogP contribution in [0.2, 0.25) is 0 Å². The molecule has 3 aromatic rings. The van der Waals surface area contributed by atoms with E-state index in [1.165, 1.54) is 5.56 Å². The largest absolute Gasteiger partial charge is 0.453 e. The number of likely N-dealkylation sites (tertiary alicyclic amines) is 1. The molecule has 0 atom stereocenters. The van der Waals surface area contributed by atoms with Gasteiger partial charge in [-0.15, -0.1) is 0 Å². The standard InChI is InChI=1S/C21H23N3O3/c1-26-14-17-7-8-19(27-17)21(25)24-11-9-16(10-12-24)20-18(13-22-23-20)15-5-3-2-4-6-15/h2-8,13,16H,9-12,14H2,1H3,(H,22,23). The third kappa shape index (κ3) is 3.66. The number of rotatable bonds is 5. The molecule has 0 spiro atoms. The van der Waals surface area contributed by atoms with Crippen molar-refractivity contribution in [3.63, 3.8) is 0 Å². The van der Waals surface area contributed by atoms with Crippen molar-refractivity contribution in [3.05, 3.63) is 65.9 Å². The van der Waals surface area contributed by atoms with E-state index in [0.29, 0.717) is 37.1 Å². The van der Waals surface area contributed by atoms with Gasteiger partial charge in [0.1, 0.15) is 12.4 Å². The van der Waals surface area contributed by atoms with Crippen molar-refractivity contribution in [2.75, 3.05) is 20.2 Å². The molecule has 140 valence electrons. The van der Waals surface area contributed by atoms with Gasteiger partial charge in [-0.05, 0) is 30.5 Å². The fourth-order valence-electron chi connectivity index (χ4n) is 3.69. The van der Waals surface area contributed by atoms with Crippen molar-refractivity contribution >= 4 is 5.91 Å². The SMILES string of the molecule is COCc1ccc(C(=O)N2CCC(c3[nH]ncc3-c3ccccc3)CC2)o1. The van der Waals surface area contributed by atoms with Gasteiger partial charge >= 0.3 is 0 Å². The highest BCUT2D eigenvalue weighted by Crippen LogP contribution is 2.34. The number of furan rings is 1. The average Bonchev–Trinajstić information content (AvgIpc) is 3.38. The second kappa shape index (κ2) is 7.80. The van der Waals surface area contributed by atoms with Crippen LogP contribution in [0.15, 0.2) is 53.1 Å². The van der Waals surface area contributed by atoms with Crippen LogP contribution in [-0.4, -0.2) is 41.2 Å². The predicted molar refractivity (Wildman–Crippen MR) is 101 cm³/mol. The van der Waals surface area contributed by atoms with Crippen LogP contribution in [0.4, 0.5) is 0 Å². The van der Waals surface area contributed by atoms with Crippen molar-refractivity contribution in [1.82, 2.24) is 15.1 Å². The number of nitrogens with one attached hydrogen (secondary N) is 1. The molecule has 6 nitrogen and oxygen atoms in total. The van der Waals surface area contributed by atoms with E-state index in [4.69, 9.17) is 9.15 Å². The number of methoxy groups -OCH3 is 1. The molecule has 1 aromatic carbocycles. The molecule has 0 bridgehead atoms. The molecule has 0 radical (unpaired) electrons. The molecular formula is C21H23N3O3. The molecule has 1 amide bonds. The summed E-state index contributed by atoms with van der Waals surface area (Å²) in [5, 5.41) is 7.44. The number of nitrogens with zero attached hydrogens (tertiary/aromatic N) is 2. The van der Waals surface area contributed by atoms with Crippen LogP contribution in [0, 0.1) is 0 Å². The molecule has 1 saturated heterocycles. The first-order valence-electron chi connectivity index (χ1n) is 9.22. The van der Waals surface area contributed by atoms with Gasteiger partial charge in [0.15, 0.2) is 5.76 Å². The maximum Gasteiger partial charge on any atom is 0.289 e. The second-order valence-corrected chi connectivity index (χ2v) is 6.83. The van der Waals surface area contributed by atoms with Gasteiger partial charge in [0, 0.05) is 37.4 Å². The van der Waals surface area contributed by atoms with Gasteiger partial charge in [0.05, 0.1) is 6.20 Å². The van der Waals surface area contributed by atoms with Crippen LogP contribution < -0.4 is 0 Å². The third-order valence-electron chi connectivity index (χ3n) is 5.10. The monoisotopic (exact) mass is 365 g/mol. The minimum absolute atomic E-state index is 0.0521. The summed E-state index contributed by atoms with van der Waals surface area (Å²) in [5.41, 5.74) is 3.48. The molecule has 2 aromatic heterocycles. The van der Waals surface area contributed by atoms with Gasteiger partial charge < -0.3 is 14.1 Å². The Morgan fingerprint density at radius 3 is 2.74 bits per heavy atom. The summed E-state index contributed by atoms with van der Waals surface area (Å²) < 4.78 is 10.6. The minimum Gasteiger partial charge on any atom is -0.453 e. The van der Waals surface area contributed by atoms with E-state index in [9.17, 15) is 4.79 Å². The van der Waals surface area contributed by atoms with Crippen molar-refractivity contribution in [2.45, 2.75) is 25.4 Å². The molecule has 1 aliphatic heterocycles. The Morgan fingerprint density at radius 1 is 1.22 bits per heavy atom. The second-order valence-electron chi connectivity index (χ2n) is 6.83. The van der Waals surface area contributed by atoms with E-state index < -0.39 is 0 Å². The van der Waals surface area contributed by atoms with Crippen LogP contribution in [0.3, 0.4) is 0 Å². The number of benzene rings is 1. The Hall–Kier alpha value is -2.86. The fourth-order valence-corrected chi connectivity index (χ4v) is 3.69. The molecule has 6 heteroatoms. The first kappa shape index (κ1) is 17.5. The maximum atomic E-state index is 12.7. The third-order valence-corrected chi connectivity index (χ3v) is 5.10. The summed E-state index contributed by atoms with van der Waals surface area (Å²) in [6.45, 7) is 1.78. The Labute approximate surface area is 158 Å². The van der Waals surface area contributed by atoms with Crippen LogP contribution in [-0.2, 0) is 11.3 Å². The lowest BCUT2D eigenvalue weighted by atomic mass is 9.89. The van der Waals surface area contributed by atoms with Crippen LogP contribution in [0.1, 0.15) is 40.8 Å². The minimum atomic E-state index is -0.0521. The number of aromatic amines is 1. The van der Waals surface area contributed by atoms with Crippen molar-refractivity contribution in [3.8, 4) is 11.1 Å². The lowest BCUT2D eigenvalue weighted by Gasteiger charge is -2.31. The van der Waals surface area contributed by atoms with Crippen molar-refractivity contribution in [1.29, 1.82) is 0 Å². The average molecular weight is 365 g/mol. The number of carbonyl (C=O) groups is 1. The van der Waals surface area contributed by atoms with E-state index in [1.54, 1.807) is 19.2 Å². The number of aromatic nitrogens is 2. The Balaban J connectivity index is 1.42. The van der Waals surface area contributed by atoms with Gasteiger partial charge in [0.25, 0.3) is 5.91 Å². The molecule has 1 fully saturated rings. The highest BCUT2D eigenvalue weighted by Gasteiger charge is 2.28. The zero-order chi connectivity index (χ0) is 18.6. The van der Waals surface area contributed by atoms with Crippen LogP contribution in [0.25, 0.3) is 11.1 Å². The van der Waals surface area contributed by atoms with E-state index in [2.05, 4.69) is 22.3 Å². The van der Waals surface area contributed by atoms with Gasteiger partial charge in [-0.3, -0.25) is 9.89 Å². The number of ether oxygens (including phenoxy) is 1. The molecule has 0 saturated carbocycles. The summed E-state index contributed by atoms with van der Waals surface area (Å²) in [5.74, 6) is 1.36. The zero-order valence-electron chi connectivity index (χ0n) is 15.4. The molecule has 0 unspecified atom stereocenters. The molecule has 4 rings (SSSR count). The molecule has 0 aliphatic carbocycles. The van der Waals surface area contributed by atoms with Gasteiger partial charge in [0.2, 0.25) is 0 Å². The van der Waals surface area contributed by atoms with Crippen molar-refractivity contribution < 1.29 is 13.9 Å². The summed E-state index contributed by atoms with van der Waals surface area (Å²) in [6, 6.07) is 13.8.